The summed E-state index contributed by atoms with van der Waals surface area (Å²) in [7, 11) is 0. The summed E-state index contributed by atoms with van der Waals surface area (Å²) in [5.41, 5.74) is 1.79. The SMILES string of the molecule is Fc1ccc(COc2cn(-c3ccccc3)nn2)cc1. The second-order valence-corrected chi connectivity index (χ2v) is 4.25. The van der Waals surface area contributed by atoms with Crippen molar-refractivity contribution in [1.29, 1.82) is 0 Å². The number of para-hydroxylation sites is 1. The van der Waals surface area contributed by atoms with Crippen LogP contribution < -0.4 is 4.74 Å². The highest BCUT2D eigenvalue weighted by molar-refractivity contribution is 5.30. The summed E-state index contributed by atoms with van der Waals surface area (Å²) < 4.78 is 19.9. The Bertz CT molecular complexity index is 680. The summed E-state index contributed by atoms with van der Waals surface area (Å²) >= 11 is 0. The van der Waals surface area contributed by atoms with Gasteiger partial charge in [0.2, 0.25) is 0 Å². The molecule has 0 saturated carbocycles. The number of benzene rings is 2. The lowest BCUT2D eigenvalue weighted by Crippen LogP contribution is -1.95. The fourth-order valence-corrected chi connectivity index (χ4v) is 1.76. The highest BCUT2D eigenvalue weighted by Gasteiger charge is 2.03. The third-order valence-corrected chi connectivity index (χ3v) is 2.79. The van der Waals surface area contributed by atoms with Crippen molar-refractivity contribution in [3.8, 4) is 11.6 Å². The van der Waals surface area contributed by atoms with Crippen molar-refractivity contribution >= 4 is 0 Å². The van der Waals surface area contributed by atoms with Crippen molar-refractivity contribution in [1.82, 2.24) is 15.0 Å². The van der Waals surface area contributed by atoms with Gasteiger partial charge in [0.25, 0.3) is 5.88 Å². The molecule has 0 N–H and O–H groups in total. The Hall–Kier alpha value is -2.69. The molecule has 0 unspecified atom stereocenters. The molecule has 0 atom stereocenters. The molecule has 3 rings (SSSR count). The summed E-state index contributed by atoms with van der Waals surface area (Å²) in [6, 6.07) is 15.8. The average Bonchev–Trinajstić information content (AvgIpc) is 2.97. The van der Waals surface area contributed by atoms with Gasteiger partial charge in [0.15, 0.2) is 0 Å². The van der Waals surface area contributed by atoms with Gasteiger partial charge in [0, 0.05) is 0 Å². The van der Waals surface area contributed by atoms with Crippen LogP contribution in [0.2, 0.25) is 0 Å². The van der Waals surface area contributed by atoms with E-state index in [1.165, 1.54) is 12.1 Å². The van der Waals surface area contributed by atoms with E-state index in [2.05, 4.69) is 10.3 Å². The minimum absolute atomic E-state index is 0.260. The van der Waals surface area contributed by atoms with E-state index >= 15 is 0 Å². The molecule has 0 saturated heterocycles. The summed E-state index contributed by atoms with van der Waals surface area (Å²) in [6.45, 7) is 0.327. The maximum atomic E-state index is 12.8. The molecule has 0 aliphatic rings. The van der Waals surface area contributed by atoms with Crippen LogP contribution in [0.5, 0.6) is 5.88 Å². The molecule has 100 valence electrons. The van der Waals surface area contributed by atoms with Crippen LogP contribution in [0.1, 0.15) is 5.56 Å². The van der Waals surface area contributed by atoms with E-state index in [4.69, 9.17) is 4.74 Å². The number of hydrogen-bond acceptors (Lipinski definition) is 3. The van der Waals surface area contributed by atoms with Crippen molar-refractivity contribution < 1.29 is 9.13 Å². The van der Waals surface area contributed by atoms with Gasteiger partial charge < -0.3 is 4.74 Å². The molecule has 4 nitrogen and oxygen atoms in total. The monoisotopic (exact) mass is 269 g/mol. The maximum absolute atomic E-state index is 12.8. The van der Waals surface area contributed by atoms with Crippen LogP contribution in [0.15, 0.2) is 60.8 Å². The van der Waals surface area contributed by atoms with Gasteiger partial charge in [0.1, 0.15) is 12.4 Å². The normalized spacial score (nSPS) is 10.4. The zero-order valence-corrected chi connectivity index (χ0v) is 10.6. The molecule has 0 radical (unpaired) electrons. The number of rotatable bonds is 4. The van der Waals surface area contributed by atoms with Crippen LogP contribution in [0, 0.1) is 5.82 Å². The molecule has 0 bridgehead atoms. The first-order valence-electron chi connectivity index (χ1n) is 6.16. The predicted molar refractivity (Wildman–Crippen MR) is 72.1 cm³/mol. The van der Waals surface area contributed by atoms with Gasteiger partial charge in [-0.25, -0.2) is 9.07 Å². The first-order valence-corrected chi connectivity index (χ1v) is 6.16. The lowest BCUT2D eigenvalue weighted by molar-refractivity contribution is 0.293. The molecule has 20 heavy (non-hydrogen) atoms. The molecule has 0 fully saturated rings. The molecular weight excluding hydrogens is 257 g/mol. The average molecular weight is 269 g/mol. The molecule has 5 heteroatoms. The van der Waals surface area contributed by atoms with Gasteiger partial charge >= 0.3 is 0 Å². The van der Waals surface area contributed by atoms with Crippen molar-refractivity contribution in [3.63, 3.8) is 0 Å². The van der Waals surface area contributed by atoms with E-state index in [1.54, 1.807) is 23.0 Å². The fraction of sp³-hybridized carbons (Fsp3) is 0.0667. The van der Waals surface area contributed by atoms with E-state index in [9.17, 15) is 4.39 Å². The molecular formula is C15H12FN3O. The van der Waals surface area contributed by atoms with Crippen molar-refractivity contribution in [2.24, 2.45) is 0 Å². The van der Waals surface area contributed by atoms with Crippen LogP contribution in [0.4, 0.5) is 4.39 Å². The van der Waals surface area contributed by atoms with Gasteiger partial charge in [0.05, 0.1) is 11.9 Å². The van der Waals surface area contributed by atoms with Crippen LogP contribution in [0.25, 0.3) is 5.69 Å². The number of halogens is 1. The quantitative estimate of drug-likeness (QED) is 0.731. The number of aromatic nitrogens is 3. The van der Waals surface area contributed by atoms with E-state index in [0.29, 0.717) is 12.5 Å². The van der Waals surface area contributed by atoms with Gasteiger partial charge in [-0.2, -0.15) is 0 Å². The molecule has 0 amide bonds. The standard InChI is InChI=1S/C15H12FN3O/c16-13-8-6-12(7-9-13)11-20-15-10-19(18-17-15)14-4-2-1-3-5-14/h1-10H,11H2. The van der Waals surface area contributed by atoms with Gasteiger partial charge in [-0.3, -0.25) is 0 Å². The molecule has 0 spiro atoms. The van der Waals surface area contributed by atoms with Gasteiger partial charge in [-0.15, -0.1) is 0 Å². The minimum Gasteiger partial charge on any atom is -0.471 e. The van der Waals surface area contributed by atoms with Crippen molar-refractivity contribution in [3.05, 3.63) is 72.2 Å². The van der Waals surface area contributed by atoms with E-state index in [-0.39, 0.29) is 5.82 Å². The van der Waals surface area contributed by atoms with Crippen molar-refractivity contribution in [2.45, 2.75) is 6.61 Å². The fourth-order valence-electron chi connectivity index (χ4n) is 1.76. The van der Waals surface area contributed by atoms with Gasteiger partial charge in [-0.05, 0) is 29.8 Å². The molecule has 2 aromatic carbocycles. The van der Waals surface area contributed by atoms with Crippen LogP contribution in [-0.2, 0) is 6.61 Å². The van der Waals surface area contributed by atoms with E-state index < -0.39 is 0 Å². The summed E-state index contributed by atoms with van der Waals surface area (Å²) in [6.07, 6.45) is 1.71. The summed E-state index contributed by atoms with van der Waals surface area (Å²) in [5.74, 6) is 0.168. The topological polar surface area (TPSA) is 39.9 Å². The maximum Gasteiger partial charge on any atom is 0.254 e. The highest BCUT2D eigenvalue weighted by Crippen LogP contribution is 2.12. The lowest BCUT2D eigenvalue weighted by Gasteiger charge is -2.02. The first kappa shape index (κ1) is 12.3. The number of nitrogens with zero attached hydrogens (tertiary/aromatic N) is 3. The van der Waals surface area contributed by atoms with E-state index in [1.807, 2.05) is 30.3 Å². The number of ether oxygens (including phenoxy) is 1. The van der Waals surface area contributed by atoms with Crippen LogP contribution >= 0.6 is 0 Å². The lowest BCUT2D eigenvalue weighted by atomic mass is 10.2. The second-order valence-electron chi connectivity index (χ2n) is 4.25. The molecule has 0 aliphatic heterocycles. The Morgan fingerprint density at radius 1 is 1.00 bits per heavy atom. The largest absolute Gasteiger partial charge is 0.471 e. The molecule has 1 heterocycles. The Kier molecular flexibility index (Phi) is 3.41. The summed E-state index contributed by atoms with van der Waals surface area (Å²) in [4.78, 5) is 0. The smallest absolute Gasteiger partial charge is 0.254 e. The summed E-state index contributed by atoms with van der Waals surface area (Å²) in [5, 5.41) is 7.94. The zero-order chi connectivity index (χ0) is 13.8. The first-order chi connectivity index (χ1) is 9.81. The zero-order valence-electron chi connectivity index (χ0n) is 10.6. The highest BCUT2D eigenvalue weighted by atomic mass is 19.1. The Morgan fingerprint density at radius 3 is 2.50 bits per heavy atom. The predicted octanol–water partition coefficient (Wildman–Crippen LogP) is 2.99. The van der Waals surface area contributed by atoms with Crippen LogP contribution in [-0.4, -0.2) is 15.0 Å². The third-order valence-electron chi connectivity index (χ3n) is 2.79. The Morgan fingerprint density at radius 2 is 1.75 bits per heavy atom. The molecule has 0 aliphatic carbocycles. The van der Waals surface area contributed by atoms with Crippen molar-refractivity contribution in [2.75, 3.05) is 0 Å². The minimum atomic E-state index is -0.260. The van der Waals surface area contributed by atoms with Crippen LogP contribution in [0.3, 0.4) is 0 Å². The third kappa shape index (κ3) is 2.83. The number of hydrogen-bond donors (Lipinski definition) is 0. The van der Waals surface area contributed by atoms with E-state index in [0.717, 1.165) is 11.3 Å². The molecule has 1 aromatic heterocycles. The Labute approximate surface area is 115 Å². The second kappa shape index (κ2) is 5.52. The molecule has 3 aromatic rings. The van der Waals surface area contributed by atoms with Gasteiger partial charge in [-0.1, -0.05) is 40.6 Å². The Balaban J connectivity index is 1.67.